The van der Waals surface area contributed by atoms with Gasteiger partial charge in [0.1, 0.15) is 23.6 Å². The number of benzene rings is 2. The van der Waals surface area contributed by atoms with Crippen LogP contribution in [0.2, 0.25) is 0 Å². The van der Waals surface area contributed by atoms with E-state index < -0.39 is 0 Å². The smallest absolute Gasteiger partial charge is 0.273 e. The van der Waals surface area contributed by atoms with E-state index in [1.54, 1.807) is 50.4 Å². The maximum absolute atomic E-state index is 13.0. The summed E-state index contributed by atoms with van der Waals surface area (Å²) in [5, 5.41) is 2.79. The molecule has 0 saturated heterocycles. The summed E-state index contributed by atoms with van der Waals surface area (Å²) in [4.78, 5) is 16.4. The molecule has 0 unspecified atom stereocenters. The van der Waals surface area contributed by atoms with Gasteiger partial charge in [0.05, 0.1) is 13.2 Å². The Morgan fingerprint density at radius 2 is 1.81 bits per heavy atom. The molecule has 6 nitrogen and oxygen atoms in total. The lowest BCUT2D eigenvalue weighted by atomic mass is 10.1. The summed E-state index contributed by atoms with van der Waals surface area (Å²) < 4.78 is 28.9. The van der Waals surface area contributed by atoms with Crippen molar-refractivity contribution in [1.29, 1.82) is 0 Å². The van der Waals surface area contributed by atoms with Gasteiger partial charge < -0.3 is 19.2 Å². The highest BCUT2D eigenvalue weighted by atomic mass is 19.1. The molecule has 0 saturated carbocycles. The number of oxazole rings is 1. The van der Waals surface area contributed by atoms with Gasteiger partial charge in [-0.3, -0.25) is 4.79 Å². The third kappa shape index (κ3) is 4.84. The number of methoxy groups -OCH3 is 1. The first-order valence-electron chi connectivity index (χ1n) is 8.32. The second-order valence-corrected chi connectivity index (χ2v) is 5.84. The SMILES string of the molecule is COc1ccc(OCc2nc(C(=O)N[C@H](C)c3ccc(F)cc3)co2)cc1. The van der Waals surface area contributed by atoms with E-state index in [2.05, 4.69) is 10.3 Å². The van der Waals surface area contributed by atoms with E-state index in [9.17, 15) is 9.18 Å². The molecule has 1 atom stereocenters. The van der Waals surface area contributed by atoms with Crippen LogP contribution >= 0.6 is 0 Å². The summed E-state index contributed by atoms with van der Waals surface area (Å²) in [5.41, 5.74) is 0.939. The third-order valence-electron chi connectivity index (χ3n) is 3.92. The lowest BCUT2D eigenvalue weighted by Crippen LogP contribution is -2.27. The number of nitrogens with zero attached hydrogens (tertiary/aromatic N) is 1. The largest absolute Gasteiger partial charge is 0.497 e. The van der Waals surface area contributed by atoms with Crippen LogP contribution in [-0.4, -0.2) is 18.0 Å². The number of hydrogen-bond acceptors (Lipinski definition) is 5. The molecule has 0 aliphatic rings. The average molecular weight is 370 g/mol. The van der Waals surface area contributed by atoms with Gasteiger partial charge in [0.25, 0.3) is 5.91 Å². The van der Waals surface area contributed by atoms with Crippen LogP contribution in [0, 0.1) is 5.82 Å². The fraction of sp³-hybridized carbons (Fsp3) is 0.200. The van der Waals surface area contributed by atoms with Crippen molar-refractivity contribution in [2.45, 2.75) is 19.6 Å². The number of carbonyl (C=O) groups excluding carboxylic acids is 1. The van der Waals surface area contributed by atoms with Gasteiger partial charge in [-0.05, 0) is 48.9 Å². The van der Waals surface area contributed by atoms with Crippen molar-refractivity contribution in [3.63, 3.8) is 0 Å². The molecule has 0 bridgehead atoms. The maximum Gasteiger partial charge on any atom is 0.273 e. The minimum absolute atomic E-state index is 0.0904. The minimum Gasteiger partial charge on any atom is -0.497 e. The Kier molecular flexibility index (Phi) is 5.71. The topological polar surface area (TPSA) is 73.6 Å². The summed E-state index contributed by atoms with van der Waals surface area (Å²) in [6.07, 6.45) is 1.28. The first kappa shape index (κ1) is 18.4. The standard InChI is InChI=1S/C20H19FN2O4/c1-13(14-3-5-15(21)6-4-14)22-20(24)18-11-27-19(23-18)12-26-17-9-7-16(25-2)8-10-17/h3-11,13H,12H2,1-2H3,(H,22,24)/t13-/m1/s1. The number of ether oxygens (including phenoxy) is 2. The van der Waals surface area contributed by atoms with E-state index in [-0.39, 0.29) is 36.0 Å². The van der Waals surface area contributed by atoms with Crippen LogP contribution in [0.4, 0.5) is 4.39 Å². The highest BCUT2D eigenvalue weighted by Gasteiger charge is 2.16. The summed E-state index contributed by atoms with van der Waals surface area (Å²) in [6.45, 7) is 1.89. The van der Waals surface area contributed by atoms with Gasteiger partial charge in [-0.25, -0.2) is 9.37 Å². The average Bonchev–Trinajstić information content (AvgIpc) is 3.16. The Bertz CT molecular complexity index is 891. The predicted molar refractivity (Wildman–Crippen MR) is 96.1 cm³/mol. The van der Waals surface area contributed by atoms with Crippen molar-refractivity contribution in [3.05, 3.63) is 77.8 Å². The summed E-state index contributed by atoms with van der Waals surface area (Å²) >= 11 is 0. The molecule has 3 rings (SSSR count). The van der Waals surface area contributed by atoms with Gasteiger partial charge in [0, 0.05) is 0 Å². The molecule has 27 heavy (non-hydrogen) atoms. The number of amides is 1. The van der Waals surface area contributed by atoms with E-state index in [1.807, 2.05) is 0 Å². The molecule has 0 aliphatic heterocycles. The Morgan fingerprint density at radius 3 is 2.48 bits per heavy atom. The van der Waals surface area contributed by atoms with Crippen LogP contribution in [0.25, 0.3) is 0 Å². The zero-order valence-electron chi connectivity index (χ0n) is 14.9. The van der Waals surface area contributed by atoms with Crippen molar-refractivity contribution < 1.29 is 23.1 Å². The van der Waals surface area contributed by atoms with Crippen molar-refractivity contribution in [2.24, 2.45) is 0 Å². The molecule has 1 amide bonds. The number of hydrogen-bond donors (Lipinski definition) is 1. The maximum atomic E-state index is 13.0. The number of rotatable bonds is 7. The minimum atomic E-state index is -0.383. The van der Waals surface area contributed by atoms with E-state index in [0.717, 1.165) is 11.3 Å². The monoisotopic (exact) mass is 370 g/mol. The van der Waals surface area contributed by atoms with E-state index in [0.29, 0.717) is 5.75 Å². The molecule has 1 aromatic heterocycles. The van der Waals surface area contributed by atoms with Gasteiger partial charge >= 0.3 is 0 Å². The van der Waals surface area contributed by atoms with Gasteiger partial charge in [0.2, 0.25) is 5.89 Å². The van der Waals surface area contributed by atoms with Crippen LogP contribution in [0.15, 0.2) is 59.2 Å². The molecular weight excluding hydrogens is 351 g/mol. The molecule has 3 aromatic rings. The first-order valence-corrected chi connectivity index (χ1v) is 8.32. The highest BCUT2D eigenvalue weighted by molar-refractivity contribution is 5.92. The predicted octanol–water partition coefficient (Wildman–Crippen LogP) is 3.89. The van der Waals surface area contributed by atoms with E-state index >= 15 is 0 Å². The van der Waals surface area contributed by atoms with Gasteiger partial charge in [-0.15, -0.1) is 0 Å². The third-order valence-corrected chi connectivity index (χ3v) is 3.92. The van der Waals surface area contributed by atoms with Gasteiger partial charge in [0.15, 0.2) is 12.3 Å². The Hall–Kier alpha value is -3.35. The number of aromatic nitrogens is 1. The summed E-state index contributed by atoms with van der Waals surface area (Å²) in [7, 11) is 1.59. The van der Waals surface area contributed by atoms with Crippen LogP contribution in [0.3, 0.4) is 0 Å². The molecule has 0 aliphatic carbocycles. The van der Waals surface area contributed by atoms with Crippen molar-refractivity contribution in [1.82, 2.24) is 10.3 Å². The summed E-state index contributed by atoms with van der Waals surface area (Å²) in [5.74, 6) is 0.935. The van der Waals surface area contributed by atoms with Gasteiger partial charge in [-0.1, -0.05) is 12.1 Å². The van der Waals surface area contributed by atoms with Crippen molar-refractivity contribution >= 4 is 5.91 Å². The molecule has 0 spiro atoms. The second-order valence-electron chi connectivity index (χ2n) is 5.84. The molecule has 7 heteroatoms. The number of nitrogens with one attached hydrogen (secondary N) is 1. The van der Waals surface area contributed by atoms with Crippen molar-refractivity contribution in [2.75, 3.05) is 7.11 Å². The van der Waals surface area contributed by atoms with E-state index in [1.165, 1.54) is 18.4 Å². The highest BCUT2D eigenvalue weighted by Crippen LogP contribution is 2.18. The number of carbonyl (C=O) groups is 1. The zero-order chi connectivity index (χ0) is 19.2. The van der Waals surface area contributed by atoms with Crippen LogP contribution in [0.1, 0.15) is 34.9 Å². The fourth-order valence-corrected chi connectivity index (χ4v) is 2.40. The van der Waals surface area contributed by atoms with Crippen LogP contribution in [0.5, 0.6) is 11.5 Å². The van der Waals surface area contributed by atoms with Crippen molar-refractivity contribution in [3.8, 4) is 11.5 Å². The van der Waals surface area contributed by atoms with Crippen LogP contribution in [-0.2, 0) is 6.61 Å². The van der Waals surface area contributed by atoms with Gasteiger partial charge in [-0.2, -0.15) is 0 Å². The fourth-order valence-electron chi connectivity index (χ4n) is 2.40. The molecule has 140 valence electrons. The Morgan fingerprint density at radius 1 is 1.15 bits per heavy atom. The molecule has 1 heterocycles. The number of halogens is 1. The lowest BCUT2D eigenvalue weighted by Gasteiger charge is -2.13. The molecule has 1 N–H and O–H groups in total. The second kappa shape index (κ2) is 8.35. The quantitative estimate of drug-likeness (QED) is 0.683. The Balaban J connectivity index is 1.55. The molecule has 2 aromatic carbocycles. The zero-order valence-corrected chi connectivity index (χ0v) is 14.9. The first-order chi connectivity index (χ1) is 13.0. The van der Waals surface area contributed by atoms with Crippen LogP contribution < -0.4 is 14.8 Å². The Labute approximate surface area is 155 Å². The summed E-state index contributed by atoms with van der Waals surface area (Å²) in [6, 6.07) is 12.7. The molecule has 0 radical (unpaired) electrons. The lowest BCUT2D eigenvalue weighted by molar-refractivity contribution is 0.0934. The molecular formula is C20H19FN2O4. The normalized spacial score (nSPS) is 11.7. The van der Waals surface area contributed by atoms with E-state index in [4.69, 9.17) is 13.9 Å². The molecule has 0 fully saturated rings.